The van der Waals surface area contributed by atoms with Crippen molar-refractivity contribution in [3.8, 4) is 0 Å². The van der Waals surface area contributed by atoms with Gasteiger partial charge in [-0.05, 0) is 38.5 Å². The lowest BCUT2D eigenvalue weighted by molar-refractivity contribution is -0.287. The van der Waals surface area contributed by atoms with E-state index in [1.54, 1.807) is 7.11 Å². The molecule has 0 radical (unpaired) electrons. The van der Waals surface area contributed by atoms with Crippen molar-refractivity contribution >= 4 is 18.7 Å². The van der Waals surface area contributed by atoms with Crippen LogP contribution in [0.4, 0.5) is 0 Å². The van der Waals surface area contributed by atoms with Crippen LogP contribution in [0.5, 0.6) is 0 Å². The fourth-order valence-corrected chi connectivity index (χ4v) is 11.9. The number of hydrogen-bond donors (Lipinski definition) is 0. The third-order valence-corrected chi connectivity index (χ3v) is 14.6. The van der Waals surface area contributed by atoms with Crippen LogP contribution >= 0.6 is 0 Å². The van der Waals surface area contributed by atoms with Crippen molar-refractivity contribution in [3.05, 3.63) is 168 Å². The number of hydrogen-bond acceptors (Lipinski definition) is 4. The molecule has 5 heteroatoms. The van der Waals surface area contributed by atoms with Crippen LogP contribution in [0.2, 0.25) is 5.04 Å². The highest BCUT2D eigenvalue weighted by molar-refractivity contribution is 6.99. The predicted octanol–water partition coefficient (Wildman–Crippen LogP) is 8.09. The molecule has 242 valence electrons. The van der Waals surface area contributed by atoms with E-state index in [1.807, 2.05) is 18.2 Å². The summed E-state index contributed by atoms with van der Waals surface area (Å²) >= 11 is 0. The Morgan fingerprint density at radius 1 is 0.638 bits per heavy atom. The van der Waals surface area contributed by atoms with E-state index >= 15 is 0 Å². The minimum absolute atomic E-state index is 0.0989. The third-order valence-electron chi connectivity index (χ3n) is 9.53. The van der Waals surface area contributed by atoms with Crippen LogP contribution in [0.25, 0.3) is 0 Å². The van der Waals surface area contributed by atoms with Crippen molar-refractivity contribution in [1.29, 1.82) is 0 Å². The summed E-state index contributed by atoms with van der Waals surface area (Å²) in [6.45, 7) is 7.68. The van der Waals surface area contributed by atoms with E-state index in [9.17, 15) is 0 Å². The molecule has 0 aliphatic carbocycles. The standard InChI is InChI=1S/C42H46O4Si/c1-40(2,3)47(38-26-16-8-17-27-38,39-28-18-9-19-29-39)46-37-30-31-44-41(32-37,43-4)33-45-42(34-20-10-5-11-21-34,35-22-12-6-13-23-35)36-24-14-7-15-25-36/h5-29,37H,30-33H2,1-4H3/t37-,41-/m0/s1. The summed E-state index contributed by atoms with van der Waals surface area (Å²) in [6, 6.07) is 53.0. The van der Waals surface area contributed by atoms with Crippen molar-refractivity contribution in [2.24, 2.45) is 0 Å². The average Bonchev–Trinajstić information content (AvgIpc) is 3.12. The number of rotatable bonds is 11. The van der Waals surface area contributed by atoms with Gasteiger partial charge < -0.3 is 18.6 Å². The molecule has 6 rings (SSSR count). The molecule has 0 aromatic heterocycles. The monoisotopic (exact) mass is 642 g/mol. The fourth-order valence-electron chi connectivity index (χ4n) is 7.21. The molecule has 0 amide bonds. The van der Waals surface area contributed by atoms with Crippen molar-refractivity contribution in [2.45, 2.75) is 56.1 Å². The van der Waals surface area contributed by atoms with Gasteiger partial charge in [0.1, 0.15) is 12.2 Å². The molecule has 0 bridgehead atoms. The lowest BCUT2D eigenvalue weighted by atomic mass is 9.80. The van der Waals surface area contributed by atoms with E-state index in [-0.39, 0.29) is 17.7 Å². The molecule has 1 fully saturated rings. The Kier molecular flexibility index (Phi) is 9.92. The van der Waals surface area contributed by atoms with E-state index in [0.29, 0.717) is 13.0 Å². The molecule has 2 atom stereocenters. The van der Waals surface area contributed by atoms with Crippen molar-refractivity contribution in [1.82, 2.24) is 0 Å². The molecule has 1 aliphatic heterocycles. The summed E-state index contributed by atoms with van der Waals surface area (Å²) in [6.07, 6.45) is 1.22. The molecule has 47 heavy (non-hydrogen) atoms. The summed E-state index contributed by atoms with van der Waals surface area (Å²) in [5, 5.41) is 2.39. The fraction of sp³-hybridized carbons (Fsp3) is 0.286. The van der Waals surface area contributed by atoms with Gasteiger partial charge in [-0.25, -0.2) is 0 Å². The lowest BCUT2D eigenvalue weighted by Gasteiger charge is -2.48. The second kappa shape index (κ2) is 14.1. The van der Waals surface area contributed by atoms with Crippen molar-refractivity contribution < 1.29 is 18.6 Å². The Hall–Kier alpha value is -3.84. The Balaban J connectivity index is 1.38. The molecule has 0 spiro atoms. The largest absolute Gasteiger partial charge is 0.404 e. The second-order valence-corrected chi connectivity index (χ2v) is 17.7. The summed E-state index contributed by atoms with van der Waals surface area (Å²) in [5.41, 5.74) is 2.24. The van der Waals surface area contributed by atoms with Crippen LogP contribution in [0, 0.1) is 0 Å². The predicted molar refractivity (Wildman–Crippen MR) is 193 cm³/mol. The molecule has 1 aliphatic rings. The minimum Gasteiger partial charge on any atom is -0.404 e. The van der Waals surface area contributed by atoms with Gasteiger partial charge in [0.25, 0.3) is 8.32 Å². The van der Waals surface area contributed by atoms with Gasteiger partial charge in [-0.1, -0.05) is 172 Å². The zero-order valence-electron chi connectivity index (χ0n) is 28.0. The number of ether oxygens (including phenoxy) is 3. The van der Waals surface area contributed by atoms with Crippen LogP contribution in [-0.4, -0.2) is 40.5 Å². The second-order valence-electron chi connectivity index (χ2n) is 13.4. The maximum Gasteiger partial charge on any atom is 0.261 e. The Morgan fingerprint density at radius 2 is 1.04 bits per heavy atom. The van der Waals surface area contributed by atoms with Gasteiger partial charge in [-0.15, -0.1) is 0 Å². The number of methoxy groups -OCH3 is 1. The Bertz CT molecular complexity index is 1540. The van der Waals surface area contributed by atoms with Crippen molar-refractivity contribution in [2.75, 3.05) is 20.3 Å². The van der Waals surface area contributed by atoms with E-state index < -0.39 is 19.7 Å². The van der Waals surface area contributed by atoms with Gasteiger partial charge in [-0.2, -0.15) is 0 Å². The molecule has 0 saturated carbocycles. The van der Waals surface area contributed by atoms with Crippen LogP contribution in [0.15, 0.2) is 152 Å². The Labute approximate surface area is 281 Å². The van der Waals surface area contributed by atoms with Crippen LogP contribution in [0.1, 0.15) is 50.3 Å². The first kappa shape index (κ1) is 33.1. The van der Waals surface area contributed by atoms with E-state index in [2.05, 4.69) is 154 Å². The highest BCUT2D eigenvalue weighted by Gasteiger charge is 2.53. The SMILES string of the molecule is CO[C@@]1(COC(c2ccccc2)(c2ccccc2)c2ccccc2)C[C@@H](O[Si](c2ccccc2)(c2ccccc2)C(C)(C)C)CCO1. The molecular weight excluding hydrogens is 597 g/mol. The molecule has 1 heterocycles. The van der Waals surface area contributed by atoms with E-state index in [1.165, 1.54) is 10.4 Å². The zero-order valence-corrected chi connectivity index (χ0v) is 29.0. The average molecular weight is 643 g/mol. The zero-order chi connectivity index (χ0) is 32.8. The highest BCUT2D eigenvalue weighted by atomic mass is 28.4. The van der Waals surface area contributed by atoms with Crippen molar-refractivity contribution in [3.63, 3.8) is 0 Å². The van der Waals surface area contributed by atoms with Crippen LogP contribution in [-0.2, 0) is 24.2 Å². The topological polar surface area (TPSA) is 36.9 Å². The van der Waals surface area contributed by atoms with Gasteiger partial charge in [-0.3, -0.25) is 0 Å². The molecule has 5 aromatic rings. The maximum atomic E-state index is 7.58. The minimum atomic E-state index is -2.78. The number of benzene rings is 5. The quantitative estimate of drug-likeness (QED) is 0.108. The van der Waals surface area contributed by atoms with Gasteiger partial charge in [0, 0.05) is 13.5 Å². The first-order valence-electron chi connectivity index (χ1n) is 16.6. The summed E-state index contributed by atoms with van der Waals surface area (Å²) < 4.78 is 27.7. The van der Waals surface area contributed by atoms with E-state index in [0.717, 1.165) is 23.1 Å². The smallest absolute Gasteiger partial charge is 0.261 e. The maximum absolute atomic E-state index is 7.58. The molecule has 4 nitrogen and oxygen atoms in total. The molecular formula is C42H46O4Si. The highest BCUT2D eigenvalue weighted by Crippen LogP contribution is 2.44. The summed E-state index contributed by atoms with van der Waals surface area (Å²) in [4.78, 5) is 0. The van der Waals surface area contributed by atoms with E-state index in [4.69, 9.17) is 18.6 Å². The molecule has 0 unspecified atom stereocenters. The summed E-state index contributed by atoms with van der Waals surface area (Å²) in [7, 11) is -1.06. The van der Waals surface area contributed by atoms with Gasteiger partial charge in [0.05, 0.1) is 12.7 Å². The lowest BCUT2D eigenvalue weighted by Crippen LogP contribution is -2.68. The van der Waals surface area contributed by atoms with Crippen LogP contribution in [0.3, 0.4) is 0 Å². The normalized spacial score (nSPS) is 18.9. The van der Waals surface area contributed by atoms with Crippen LogP contribution < -0.4 is 10.4 Å². The first-order chi connectivity index (χ1) is 22.8. The van der Waals surface area contributed by atoms with Gasteiger partial charge in [0.15, 0.2) is 5.79 Å². The Morgan fingerprint density at radius 3 is 1.43 bits per heavy atom. The molecule has 0 N–H and O–H groups in total. The van der Waals surface area contributed by atoms with Gasteiger partial charge >= 0.3 is 0 Å². The third kappa shape index (κ3) is 6.51. The molecule has 5 aromatic carbocycles. The summed E-state index contributed by atoms with van der Waals surface area (Å²) in [5.74, 6) is -1.00. The molecule has 1 saturated heterocycles. The van der Waals surface area contributed by atoms with Gasteiger partial charge in [0.2, 0.25) is 0 Å². The first-order valence-corrected chi connectivity index (χ1v) is 18.5.